The number of rotatable bonds is 7. The van der Waals surface area contributed by atoms with Gasteiger partial charge in [-0.05, 0) is 36.9 Å². The highest BCUT2D eigenvalue weighted by molar-refractivity contribution is 5.73. The Morgan fingerprint density at radius 2 is 2.39 bits per heavy atom. The van der Waals surface area contributed by atoms with Crippen LogP contribution in [0.1, 0.15) is 24.6 Å². The maximum Gasteiger partial charge on any atom is 0.317 e. The highest BCUT2D eigenvalue weighted by Crippen LogP contribution is 2.15. The van der Waals surface area contributed by atoms with Crippen molar-refractivity contribution < 1.29 is 4.79 Å². The summed E-state index contributed by atoms with van der Waals surface area (Å²) in [5.74, 6) is 0.536. The molecule has 0 saturated carbocycles. The predicted molar refractivity (Wildman–Crippen MR) is 93.2 cm³/mol. The van der Waals surface area contributed by atoms with Crippen LogP contribution in [0.4, 0.5) is 4.79 Å². The fourth-order valence-electron chi connectivity index (χ4n) is 2.87. The molecule has 1 saturated heterocycles. The monoisotopic (exact) mass is 316 g/mol. The molecule has 1 aromatic heterocycles. The standard InChI is InChI=1S/C18H28N4O/c1-4-9-22-10-8-16(13-22)12-20-18(23)21(3)14-17-7-6-15(5-2)11-19-17/h4,6-7,11,16H,1,5,8-10,12-14H2,2-3H3,(H,20,23)/t16-/m1/s1. The lowest BCUT2D eigenvalue weighted by atomic mass is 10.1. The first-order chi connectivity index (χ1) is 11.1. The van der Waals surface area contributed by atoms with Gasteiger partial charge in [-0.25, -0.2) is 4.79 Å². The molecule has 1 aliphatic heterocycles. The van der Waals surface area contributed by atoms with Crippen LogP contribution >= 0.6 is 0 Å². The number of carbonyl (C=O) groups is 1. The van der Waals surface area contributed by atoms with Gasteiger partial charge in [-0.15, -0.1) is 6.58 Å². The largest absolute Gasteiger partial charge is 0.338 e. The van der Waals surface area contributed by atoms with E-state index in [2.05, 4.69) is 34.8 Å². The lowest BCUT2D eigenvalue weighted by molar-refractivity contribution is 0.204. The summed E-state index contributed by atoms with van der Waals surface area (Å²) in [7, 11) is 1.81. The van der Waals surface area contributed by atoms with Crippen molar-refractivity contribution in [2.24, 2.45) is 5.92 Å². The van der Waals surface area contributed by atoms with Crippen LogP contribution in [0.2, 0.25) is 0 Å². The number of carbonyl (C=O) groups excluding carboxylic acids is 1. The van der Waals surface area contributed by atoms with Gasteiger partial charge in [0.05, 0.1) is 12.2 Å². The zero-order valence-electron chi connectivity index (χ0n) is 14.3. The second-order valence-corrected chi connectivity index (χ2v) is 6.26. The fraction of sp³-hybridized carbons (Fsp3) is 0.556. The van der Waals surface area contributed by atoms with Crippen LogP contribution in [0, 0.1) is 5.92 Å². The van der Waals surface area contributed by atoms with Gasteiger partial charge in [0.25, 0.3) is 0 Å². The van der Waals surface area contributed by atoms with Gasteiger partial charge in [-0.2, -0.15) is 0 Å². The molecule has 1 atom stereocenters. The summed E-state index contributed by atoms with van der Waals surface area (Å²) in [6, 6.07) is 4.03. The molecule has 5 nitrogen and oxygen atoms in total. The molecule has 1 aromatic rings. The van der Waals surface area contributed by atoms with Crippen molar-refractivity contribution in [3.63, 3.8) is 0 Å². The Bertz CT molecular complexity index is 514. The topological polar surface area (TPSA) is 48.5 Å². The molecule has 0 aliphatic carbocycles. The van der Waals surface area contributed by atoms with E-state index in [4.69, 9.17) is 0 Å². The summed E-state index contributed by atoms with van der Waals surface area (Å²) in [4.78, 5) is 20.6. The van der Waals surface area contributed by atoms with Crippen LogP contribution < -0.4 is 5.32 Å². The highest BCUT2D eigenvalue weighted by atomic mass is 16.2. The van der Waals surface area contributed by atoms with Gasteiger partial charge in [-0.1, -0.05) is 19.1 Å². The summed E-state index contributed by atoms with van der Waals surface area (Å²) in [6.45, 7) is 10.2. The Labute approximate surface area is 139 Å². The van der Waals surface area contributed by atoms with E-state index in [-0.39, 0.29) is 6.03 Å². The van der Waals surface area contributed by atoms with Crippen LogP contribution in [0.3, 0.4) is 0 Å². The number of nitrogens with zero attached hydrogens (tertiary/aromatic N) is 3. The molecule has 126 valence electrons. The Kier molecular flexibility index (Phi) is 6.59. The van der Waals surface area contributed by atoms with E-state index >= 15 is 0 Å². The van der Waals surface area contributed by atoms with Crippen molar-refractivity contribution in [2.75, 3.05) is 33.2 Å². The zero-order chi connectivity index (χ0) is 16.7. The molecule has 1 aliphatic rings. The van der Waals surface area contributed by atoms with Crippen molar-refractivity contribution >= 4 is 6.03 Å². The molecule has 5 heteroatoms. The second kappa shape index (κ2) is 8.67. The van der Waals surface area contributed by atoms with Gasteiger partial charge in [0.1, 0.15) is 0 Å². The number of pyridine rings is 1. The van der Waals surface area contributed by atoms with E-state index in [1.165, 1.54) is 5.56 Å². The SMILES string of the molecule is C=CCN1CC[C@H](CNC(=O)N(C)Cc2ccc(CC)cn2)C1. The minimum atomic E-state index is -0.0338. The van der Waals surface area contributed by atoms with Crippen LogP contribution in [0.5, 0.6) is 0 Å². The molecule has 23 heavy (non-hydrogen) atoms. The summed E-state index contributed by atoms with van der Waals surface area (Å²) in [5.41, 5.74) is 2.13. The molecule has 1 fully saturated rings. The first-order valence-corrected chi connectivity index (χ1v) is 8.38. The molecule has 0 spiro atoms. The molecule has 0 unspecified atom stereocenters. The molecule has 2 amide bonds. The summed E-state index contributed by atoms with van der Waals surface area (Å²) >= 11 is 0. The number of aromatic nitrogens is 1. The van der Waals surface area contributed by atoms with Crippen LogP contribution in [-0.4, -0.2) is 54.0 Å². The number of hydrogen-bond donors (Lipinski definition) is 1. The predicted octanol–water partition coefficient (Wildman–Crippen LogP) is 2.29. The Morgan fingerprint density at radius 3 is 3.04 bits per heavy atom. The van der Waals surface area contributed by atoms with Crippen LogP contribution in [-0.2, 0) is 13.0 Å². The van der Waals surface area contributed by atoms with Gasteiger partial charge in [0, 0.05) is 32.9 Å². The molecular weight excluding hydrogens is 288 g/mol. The van der Waals surface area contributed by atoms with E-state index in [1.54, 1.807) is 4.90 Å². The molecule has 0 aromatic carbocycles. The summed E-state index contributed by atoms with van der Waals surface area (Å²) in [5, 5.41) is 3.04. The third-order valence-electron chi connectivity index (χ3n) is 4.34. The molecule has 2 heterocycles. The summed E-state index contributed by atoms with van der Waals surface area (Å²) < 4.78 is 0. The third kappa shape index (κ3) is 5.36. The van der Waals surface area contributed by atoms with Gasteiger partial charge < -0.3 is 10.2 Å². The molecule has 2 rings (SSSR count). The van der Waals surface area contributed by atoms with Crippen molar-refractivity contribution in [2.45, 2.75) is 26.3 Å². The number of hydrogen-bond acceptors (Lipinski definition) is 3. The number of likely N-dealkylation sites (tertiary alicyclic amines) is 1. The van der Waals surface area contributed by atoms with Gasteiger partial charge in [-0.3, -0.25) is 9.88 Å². The third-order valence-corrected chi connectivity index (χ3v) is 4.34. The molecule has 1 N–H and O–H groups in total. The maximum absolute atomic E-state index is 12.2. The van der Waals surface area contributed by atoms with E-state index in [1.807, 2.05) is 25.4 Å². The number of aryl methyl sites for hydroxylation is 1. The van der Waals surface area contributed by atoms with Gasteiger partial charge in [0.15, 0.2) is 0 Å². The first kappa shape index (κ1) is 17.5. The maximum atomic E-state index is 12.2. The molecule has 0 radical (unpaired) electrons. The zero-order valence-corrected chi connectivity index (χ0v) is 14.3. The fourth-order valence-corrected chi connectivity index (χ4v) is 2.87. The van der Waals surface area contributed by atoms with Crippen LogP contribution in [0.15, 0.2) is 31.0 Å². The van der Waals surface area contributed by atoms with E-state index in [9.17, 15) is 4.79 Å². The van der Waals surface area contributed by atoms with Crippen molar-refractivity contribution in [1.82, 2.24) is 20.1 Å². The van der Waals surface area contributed by atoms with Gasteiger partial charge in [0.2, 0.25) is 0 Å². The number of urea groups is 1. The van der Waals surface area contributed by atoms with E-state index in [0.717, 1.165) is 44.7 Å². The Balaban J connectivity index is 1.73. The van der Waals surface area contributed by atoms with Crippen LogP contribution in [0.25, 0.3) is 0 Å². The summed E-state index contributed by atoms with van der Waals surface area (Å²) in [6.07, 6.45) is 5.94. The average molecular weight is 316 g/mol. The number of amides is 2. The van der Waals surface area contributed by atoms with Crippen molar-refractivity contribution in [3.8, 4) is 0 Å². The first-order valence-electron chi connectivity index (χ1n) is 8.38. The lowest BCUT2D eigenvalue weighted by Gasteiger charge is -2.19. The van der Waals surface area contributed by atoms with E-state index in [0.29, 0.717) is 12.5 Å². The highest BCUT2D eigenvalue weighted by Gasteiger charge is 2.22. The Hall–Kier alpha value is -1.88. The minimum absolute atomic E-state index is 0.0338. The molecular formula is C18H28N4O. The van der Waals surface area contributed by atoms with Crippen molar-refractivity contribution in [3.05, 3.63) is 42.2 Å². The van der Waals surface area contributed by atoms with Crippen molar-refractivity contribution in [1.29, 1.82) is 0 Å². The number of nitrogens with one attached hydrogen (secondary N) is 1. The normalized spacial score (nSPS) is 17.9. The quantitative estimate of drug-likeness (QED) is 0.785. The van der Waals surface area contributed by atoms with Gasteiger partial charge >= 0.3 is 6.03 Å². The average Bonchev–Trinajstić information content (AvgIpc) is 3.01. The molecule has 0 bridgehead atoms. The second-order valence-electron chi connectivity index (χ2n) is 6.26. The smallest absolute Gasteiger partial charge is 0.317 e. The Morgan fingerprint density at radius 1 is 1.57 bits per heavy atom. The van der Waals surface area contributed by atoms with E-state index < -0.39 is 0 Å². The lowest BCUT2D eigenvalue weighted by Crippen LogP contribution is -2.39. The minimum Gasteiger partial charge on any atom is -0.338 e.